The van der Waals surface area contributed by atoms with Crippen molar-refractivity contribution in [3.05, 3.63) is 84.1 Å². The van der Waals surface area contributed by atoms with Gasteiger partial charge in [0, 0.05) is 37.0 Å². The molecule has 3 aliphatic heterocycles. The first-order chi connectivity index (χ1) is 21.1. The number of hydrogen-bond acceptors (Lipinski definition) is 6. The zero-order valence-electron chi connectivity index (χ0n) is 25.8. The van der Waals surface area contributed by atoms with Gasteiger partial charge in [-0.1, -0.05) is 52.0 Å². The van der Waals surface area contributed by atoms with Gasteiger partial charge in [0.2, 0.25) is 5.91 Å². The highest BCUT2D eigenvalue weighted by Gasteiger charge is 2.50. The van der Waals surface area contributed by atoms with E-state index in [2.05, 4.69) is 4.98 Å². The Hall–Kier alpha value is -4.31. The molecule has 0 N–H and O–H groups in total. The summed E-state index contributed by atoms with van der Waals surface area (Å²) >= 11 is 0. The number of carbonyl (C=O) groups excluding carboxylic acids is 4. The predicted molar refractivity (Wildman–Crippen MR) is 165 cm³/mol. The molecule has 1 aromatic heterocycles. The number of carbonyl (C=O) groups is 4. The van der Waals surface area contributed by atoms with Crippen molar-refractivity contribution in [2.45, 2.75) is 71.6 Å². The second-order valence-corrected chi connectivity index (χ2v) is 12.4. The van der Waals surface area contributed by atoms with Gasteiger partial charge in [-0.25, -0.2) is 0 Å². The Bertz CT molecular complexity index is 1420. The van der Waals surface area contributed by atoms with Crippen molar-refractivity contribution in [1.82, 2.24) is 24.7 Å². The standard InChI is InChI=1S/C34H41N5O5/c1-23(2)20-28-33(42)37(27-15-18-36(19-16-27)32(41)25-10-6-5-7-11-25)22-30-38(28)34(43)29(21-24(3)4)44-39(30)31(40)14-13-26-12-8-9-17-35-26/h5-14,17,22-24,27-29H,15-16,18-21H2,1-4H3/b14-13+/t28-,29+/m0/s1. The third kappa shape index (κ3) is 6.75. The van der Waals surface area contributed by atoms with E-state index < -0.39 is 18.1 Å². The minimum atomic E-state index is -0.902. The summed E-state index contributed by atoms with van der Waals surface area (Å²) in [6, 6.07) is 13.6. The number of likely N-dealkylation sites (tertiary alicyclic amines) is 1. The maximum absolute atomic E-state index is 14.2. The van der Waals surface area contributed by atoms with Gasteiger partial charge >= 0.3 is 0 Å². The molecule has 0 spiro atoms. The molecule has 0 bridgehead atoms. The van der Waals surface area contributed by atoms with E-state index in [0.717, 1.165) is 5.06 Å². The van der Waals surface area contributed by atoms with Gasteiger partial charge in [0.1, 0.15) is 6.04 Å². The van der Waals surface area contributed by atoms with Crippen LogP contribution in [0.1, 0.15) is 69.4 Å². The molecule has 10 nitrogen and oxygen atoms in total. The topological polar surface area (TPSA) is 103 Å². The van der Waals surface area contributed by atoms with Gasteiger partial charge in [-0.15, -0.1) is 0 Å². The van der Waals surface area contributed by atoms with Crippen LogP contribution in [-0.2, 0) is 19.2 Å². The number of hydrogen-bond donors (Lipinski definition) is 0. The molecule has 2 aromatic rings. The number of rotatable bonds is 8. The highest BCUT2D eigenvalue weighted by molar-refractivity contribution is 5.97. The van der Waals surface area contributed by atoms with Gasteiger partial charge in [0.15, 0.2) is 11.9 Å². The van der Waals surface area contributed by atoms with E-state index in [1.807, 2.05) is 56.9 Å². The number of pyridine rings is 1. The normalized spacial score (nSPS) is 21.4. The van der Waals surface area contributed by atoms with E-state index in [-0.39, 0.29) is 41.4 Å². The minimum Gasteiger partial charge on any atom is -0.338 e. The minimum absolute atomic E-state index is 0.0322. The van der Waals surface area contributed by atoms with Crippen LogP contribution >= 0.6 is 0 Å². The van der Waals surface area contributed by atoms with Crippen LogP contribution in [0.2, 0.25) is 0 Å². The number of amides is 4. The fraction of sp³-hybridized carbons (Fsp3) is 0.441. The maximum Gasteiger partial charge on any atom is 0.276 e. The molecule has 0 radical (unpaired) electrons. The van der Waals surface area contributed by atoms with Gasteiger partial charge in [0.25, 0.3) is 17.7 Å². The second-order valence-electron chi connectivity index (χ2n) is 12.4. The van der Waals surface area contributed by atoms with Crippen LogP contribution in [0.15, 0.2) is 72.8 Å². The van der Waals surface area contributed by atoms with E-state index in [4.69, 9.17) is 4.84 Å². The average molecular weight is 600 g/mol. The molecule has 44 heavy (non-hydrogen) atoms. The van der Waals surface area contributed by atoms with Crippen LogP contribution in [0.3, 0.4) is 0 Å². The Morgan fingerprint density at radius 1 is 0.932 bits per heavy atom. The molecule has 0 saturated carbocycles. The summed E-state index contributed by atoms with van der Waals surface area (Å²) in [4.78, 5) is 70.1. The van der Waals surface area contributed by atoms with E-state index in [0.29, 0.717) is 50.0 Å². The smallest absolute Gasteiger partial charge is 0.276 e. The summed E-state index contributed by atoms with van der Waals surface area (Å²) in [5.41, 5.74) is 1.24. The summed E-state index contributed by atoms with van der Waals surface area (Å²) in [5.74, 6) is -0.527. The van der Waals surface area contributed by atoms with E-state index in [1.54, 1.807) is 47.6 Å². The molecule has 2 fully saturated rings. The number of piperidine rings is 1. The lowest BCUT2D eigenvalue weighted by atomic mass is 9.95. The number of aromatic nitrogens is 1. The number of fused-ring (bicyclic) bond motifs is 1. The van der Waals surface area contributed by atoms with Gasteiger partial charge in [0.05, 0.1) is 11.9 Å². The van der Waals surface area contributed by atoms with Crippen molar-refractivity contribution >= 4 is 29.7 Å². The quantitative estimate of drug-likeness (QED) is 0.415. The van der Waals surface area contributed by atoms with Crippen LogP contribution < -0.4 is 0 Å². The zero-order chi connectivity index (χ0) is 31.4. The molecule has 0 aliphatic carbocycles. The van der Waals surface area contributed by atoms with Crippen molar-refractivity contribution in [3.63, 3.8) is 0 Å². The number of benzene rings is 1. The van der Waals surface area contributed by atoms with Gasteiger partial charge in [-0.2, -0.15) is 5.06 Å². The maximum atomic E-state index is 14.2. The summed E-state index contributed by atoms with van der Waals surface area (Å²) in [6.07, 6.45) is 7.27. The van der Waals surface area contributed by atoms with E-state index >= 15 is 0 Å². The molecule has 2 saturated heterocycles. The molecular formula is C34H41N5O5. The Morgan fingerprint density at radius 2 is 1.61 bits per heavy atom. The highest BCUT2D eigenvalue weighted by atomic mass is 16.7. The van der Waals surface area contributed by atoms with Crippen LogP contribution in [0.25, 0.3) is 6.08 Å². The SMILES string of the molecule is CC(C)C[C@H]1ON(C(=O)/C=C/c2ccccn2)C2=CN(C3CCN(C(=O)c4ccccc4)CC3)C(=O)[C@H](CC(C)C)N2C1=O. The Labute approximate surface area is 258 Å². The van der Waals surface area contributed by atoms with E-state index in [1.165, 1.54) is 11.0 Å². The Kier molecular flexibility index (Phi) is 9.58. The monoisotopic (exact) mass is 599 g/mol. The molecule has 5 rings (SSSR count). The first kappa shape index (κ1) is 31.1. The molecule has 4 amide bonds. The van der Waals surface area contributed by atoms with Gasteiger partial charge < -0.3 is 9.80 Å². The van der Waals surface area contributed by atoms with Gasteiger partial charge in [-0.05, 0) is 67.9 Å². The van der Waals surface area contributed by atoms with Crippen molar-refractivity contribution in [1.29, 1.82) is 0 Å². The largest absolute Gasteiger partial charge is 0.338 e. The van der Waals surface area contributed by atoms with Crippen LogP contribution in [-0.4, -0.2) is 79.7 Å². The lowest BCUT2D eigenvalue weighted by Crippen LogP contribution is -2.65. The average Bonchev–Trinajstić information content (AvgIpc) is 3.02. The van der Waals surface area contributed by atoms with Crippen LogP contribution in [0.4, 0.5) is 0 Å². The van der Waals surface area contributed by atoms with Crippen molar-refractivity contribution in [3.8, 4) is 0 Å². The highest BCUT2D eigenvalue weighted by Crippen LogP contribution is 2.35. The number of nitrogens with zero attached hydrogens (tertiary/aromatic N) is 5. The summed E-state index contributed by atoms with van der Waals surface area (Å²) in [5, 5.41) is 1.16. The van der Waals surface area contributed by atoms with Crippen molar-refractivity contribution < 1.29 is 24.0 Å². The molecule has 232 valence electrons. The summed E-state index contributed by atoms with van der Waals surface area (Å²) in [6.45, 7) is 8.98. The second kappa shape index (κ2) is 13.5. The van der Waals surface area contributed by atoms with Crippen molar-refractivity contribution in [2.75, 3.05) is 13.1 Å². The summed E-state index contributed by atoms with van der Waals surface area (Å²) in [7, 11) is 0. The van der Waals surface area contributed by atoms with Gasteiger partial charge in [-0.3, -0.25) is 33.9 Å². The fourth-order valence-electron chi connectivity index (χ4n) is 5.97. The Balaban J connectivity index is 1.45. The molecule has 3 aliphatic rings. The summed E-state index contributed by atoms with van der Waals surface area (Å²) < 4.78 is 0. The fourth-order valence-corrected chi connectivity index (χ4v) is 5.97. The van der Waals surface area contributed by atoms with Crippen molar-refractivity contribution in [2.24, 2.45) is 11.8 Å². The third-order valence-corrected chi connectivity index (χ3v) is 8.14. The molecule has 0 unspecified atom stereocenters. The van der Waals surface area contributed by atoms with E-state index in [9.17, 15) is 19.2 Å². The molecule has 10 heteroatoms. The van der Waals surface area contributed by atoms with Crippen LogP contribution in [0, 0.1) is 11.8 Å². The predicted octanol–water partition coefficient (Wildman–Crippen LogP) is 4.47. The van der Waals surface area contributed by atoms with Crippen LogP contribution in [0.5, 0.6) is 0 Å². The first-order valence-electron chi connectivity index (χ1n) is 15.5. The molecule has 4 heterocycles. The molecular weight excluding hydrogens is 558 g/mol. The molecule has 2 atom stereocenters. The first-order valence-corrected chi connectivity index (χ1v) is 15.5. The zero-order valence-corrected chi connectivity index (χ0v) is 25.8. The lowest BCUT2D eigenvalue weighted by Gasteiger charge is -2.49. The lowest BCUT2D eigenvalue weighted by molar-refractivity contribution is -0.226. The Morgan fingerprint density at radius 3 is 2.25 bits per heavy atom. The third-order valence-electron chi connectivity index (χ3n) is 8.14. The number of hydroxylamine groups is 2. The molecule has 1 aromatic carbocycles.